The molecule has 0 saturated carbocycles. The highest BCUT2D eigenvalue weighted by Crippen LogP contribution is 2.22. The van der Waals surface area contributed by atoms with E-state index in [1.165, 1.54) is 0 Å². The third kappa shape index (κ3) is 4.39. The number of aliphatic hydroxyl groups is 1. The number of aliphatic hydroxyl groups excluding tert-OH is 1. The monoisotopic (exact) mass is 341 g/mol. The topological polar surface area (TPSA) is 77.1 Å². The number of imidazole rings is 1. The predicted octanol–water partition coefficient (Wildman–Crippen LogP) is 2.36. The lowest BCUT2D eigenvalue weighted by Gasteiger charge is -2.15. The number of aryl methyl sites for hydroxylation is 1. The maximum atomic E-state index is 8.94. The van der Waals surface area contributed by atoms with Gasteiger partial charge in [-0.05, 0) is 24.6 Å². The van der Waals surface area contributed by atoms with Gasteiger partial charge in [-0.15, -0.1) is 0 Å². The SMILES string of the molecule is CC(Nc1cnn(CCO)c1)c1ccc(OCc2nccn2C)cc1. The van der Waals surface area contributed by atoms with Crippen molar-refractivity contribution < 1.29 is 9.84 Å². The number of hydrogen-bond donors (Lipinski definition) is 2. The molecule has 3 aromatic rings. The summed E-state index contributed by atoms with van der Waals surface area (Å²) in [6.45, 7) is 3.11. The molecule has 7 heteroatoms. The Morgan fingerprint density at radius 2 is 2.08 bits per heavy atom. The second-order valence-electron chi connectivity index (χ2n) is 5.89. The van der Waals surface area contributed by atoms with Crippen molar-refractivity contribution in [1.29, 1.82) is 0 Å². The van der Waals surface area contributed by atoms with Gasteiger partial charge in [0.05, 0.1) is 25.0 Å². The summed E-state index contributed by atoms with van der Waals surface area (Å²) in [5.41, 5.74) is 2.08. The summed E-state index contributed by atoms with van der Waals surface area (Å²) < 4.78 is 9.43. The van der Waals surface area contributed by atoms with E-state index in [9.17, 15) is 0 Å². The standard InChI is InChI=1S/C18H23N5O2/c1-14(21-16-11-20-23(12-16)9-10-24)15-3-5-17(6-4-15)25-13-18-19-7-8-22(18)2/h3-8,11-12,14,21,24H,9-10,13H2,1-2H3. The van der Waals surface area contributed by atoms with Gasteiger partial charge in [0.15, 0.2) is 0 Å². The van der Waals surface area contributed by atoms with Crippen molar-refractivity contribution in [3.63, 3.8) is 0 Å². The van der Waals surface area contributed by atoms with Crippen LogP contribution in [0.2, 0.25) is 0 Å². The Hall–Kier alpha value is -2.80. The van der Waals surface area contributed by atoms with Crippen LogP contribution in [-0.4, -0.2) is 31.0 Å². The van der Waals surface area contributed by atoms with Crippen LogP contribution in [0.4, 0.5) is 5.69 Å². The Labute approximate surface area is 146 Å². The molecule has 0 aliphatic rings. The number of ether oxygens (including phenoxy) is 1. The second kappa shape index (κ2) is 7.85. The first-order chi connectivity index (χ1) is 12.2. The number of nitrogens with zero attached hydrogens (tertiary/aromatic N) is 4. The highest BCUT2D eigenvalue weighted by molar-refractivity contribution is 5.42. The molecule has 2 N–H and O–H groups in total. The van der Waals surface area contributed by atoms with Gasteiger partial charge in [-0.3, -0.25) is 4.68 Å². The number of hydrogen-bond acceptors (Lipinski definition) is 5. The Balaban J connectivity index is 1.56. The molecule has 132 valence electrons. The normalized spacial score (nSPS) is 12.1. The minimum atomic E-state index is 0.0798. The first-order valence-corrected chi connectivity index (χ1v) is 8.24. The molecule has 0 radical (unpaired) electrons. The van der Waals surface area contributed by atoms with Crippen LogP contribution in [0.1, 0.15) is 24.4 Å². The molecule has 2 aromatic heterocycles. The molecule has 1 atom stereocenters. The molecule has 0 aliphatic carbocycles. The third-order valence-corrected chi connectivity index (χ3v) is 4.01. The molecule has 1 aromatic carbocycles. The molecule has 2 heterocycles. The molecule has 25 heavy (non-hydrogen) atoms. The number of benzene rings is 1. The van der Waals surface area contributed by atoms with Crippen LogP contribution in [0.25, 0.3) is 0 Å². The molecule has 0 aliphatic heterocycles. The van der Waals surface area contributed by atoms with Crippen LogP contribution in [0.15, 0.2) is 49.1 Å². The van der Waals surface area contributed by atoms with Crippen LogP contribution in [0, 0.1) is 0 Å². The Morgan fingerprint density at radius 1 is 1.28 bits per heavy atom. The smallest absolute Gasteiger partial charge is 0.146 e. The van der Waals surface area contributed by atoms with Gasteiger partial charge in [0.2, 0.25) is 0 Å². The van der Waals surface area contributed by atoms with E-state index in [4.69, 9.17) is 9.84 Å². The van der Waals surface area contributed by atoms with Gasteiger partial charge in [-0.25, -0.2) is 4.98 Å². The summed E-state index contributed by atoms with van der Waals surface area (Å²) in [6, 6.07) is 8.15. The predicted molar refractivity (Wildman–Crippen MR) is 95.3 cm³/mol. The number of nitrogens with one attached hydrogen (secondary N) is 1. The molecule has 0 spiro atoms. The summed E-state index contributed by atoms with van der Waals surface area (Å²) >= 11 is 0. The maximum absolute atomic E-state index is 8.94. The molecular weight excluding hydrogens is 318 g/mol. The van der Waals surface area contributed by atoms with Crippen molar-refractivity contribution in [2.75, 3.05) is 11.9 Å². The first-order valence-electron chi connectivity index (χ1n) is 8.24. The lowest BCUT2D eigenvalue weighted by atomic mass is 10.1. The van der Waals surface area contributed by atoms with E-state index in [1.54, 1.807) is 17.1 Å². The van der Waals surface area contributed by atoms with E-state index < -0.39 is 0 Å². The van der Waals surface area contributed by atoms with E-state index in [2.05, 4.69) is 22.3 Å². The molecule has 1 unspecified atom stereocenters. The zero-order valence-corrected chi connectivity index (χ0v) is 14.5. The van der Waals surface area contributed by atoms with Crippen molar-refractivity contribution in [3.8, 4) is 5.75 Å². The molecular formula is C18H23N5O2. The Bertz CT molecular complexity index is 794. The van der Waals surface area contributed by atoms with Crippen LogP contribution >= 0.6 is 0 Å². The van der Waals surface area contributed by atoms with Crippen LogP contribution in [0.3, 0.4) is 0 Å². The van der Waals surface area contributed by atoms with Gasteiger partial charge in [0, 0.05) is 31.7 Å². The highest BCUT2D eigenvalue weighted by atomic mass is 16.5. The largest absolute Gasteiger partial charge is 0.486 e. The molecule has 7 nitrogen and oxygen atoms in total. The van der Waals surface area contributed by atoms with Gasteiger partial charge in [-0.2, -0.15) is 5.10 Å². The zero-order chi connectivity index (χ0) is 17.6. The number of anilines is 1. The summed E-state index contributed by atoms with van der Waals surface area (Å²) in [7, 11) is 1.95. The van der Waals surface area contributed by atoms with Gasteiger partial charge in [-0.1, -0.05) is 12.1 Å². The van der Waals surface area contributed by atoms with E-state index in [1.807, 2.05) is 48.3 Å². The van der Waals surface area contributed by atoms with Gasteiger partial charge >= 0.3 is 0 Å². The summed E-state index contributed by atoms with van der Waals surface area (Å²) in [5.74, 6) is 1.70. The maximum Gasteiger partial charge on any atom is 0.146 e. The average molecular weight is 341 g/mol. The van der Waals surface area contributed by atoms with Crippen LogP contribution in [0.5, 0.6) is 5.75 Å². The minimum Gasteiger partial charge on any atom is -0.486 e. The number of rotatable bonds is 8. The third-order valence-electron chi connectivity index (χ3n) is 4.01. The summed E-state index contributed by atoms with van der Waals surface area (Å²) in [5, 5.41) is 16.5. The first kappa shape index (κ1) is 17.0. The van der Waals surface area contributed by atoms with E-state index >= 15 is 0 Å². The lowest BCUT2D eigenvalue weighted by Crippen LogP contribution is -2.07. The number of aromatic nitrogens is 4. The Kier molecular flexibility index (Phi) is 5.35. The lowest BCUT2D eigenvalue weighted by molar-refractivity contribution is 0.269. The zero-order valence-electron chi connectivity index (χ0n) is 14.5. The van der Waals surface area contributed by atoms with Crippen LogP contribution in [-0.2, 0) is 20.2 Å². The average Bonchev–Trinajstić information content (AvgIpc) is 3.23. The van der Waals surface area contributed by atoms with Gasteiger partial charge < -0.3 is 19.7 Å². The fourth-order valence-corrected chi connectivity index (χ4v) is 2.53. The molecule has 0 amide bonds. The van der Waals surface area contributed by atoms with Gasteiger partial charge in [0.1, 0.15) is 18.2 Å². The van der Waals surface area contributed by atoms with E-state index in [0.717, 1.165) is 22.8 Å². The van der Waals surface area contributed by atoms with Crippen molar-refractivity contribution in [2.24, 2.45) is 7.05 Å². The summed E-state index contributed by atoms with van der Waals surface area (Å²) in [4.78, 5) is 4.24. The molecule has 0 bridgehead atoms. The van der Waals surface area contributed by atoms with Crippen molar-refractivity contribution >= 4 is 5.69 Å². The van der Waals surface area contributed by atoms with E-state index in [-0.39, 0.29) is 12.6 Å². The fourth-order valence-electron chi connectivity index (χ4n) is 2.53. The molecule has 0 saturated heterocycles. The van der Waals surface area contributed by atoms with Crippen molar-refractivity contribution in [3.05, 3.63) is 60.4 Å². The molecule has 0 fully saturated rings. The summed E-state index contributed by atoms with van der Waals surface area (Å²) in [6.07, 6.45) is 7.31. The van der Waals surface area contributed by atoms with Gasteiger partial charge in [0.25, 0.3) is 0 Å². The quantitative estimate of drug-likeness (QED) is 0.658. The van der Waals surface area contributed by atoms with E-state index in [0.29, 0.717) is 13.2 Å². The minimum absolute atomic E-state index is 0.0798. The Morgan fingerprint density at radius 3 is 2.76 bits per heavy atom. The van der Waals surface area contributed by atoms with Crippen molar-refractivity contribution in [2.45, 2.75) is 26.1 Å². The van der Waals surface area contributed by atoms with Crippen LogP contribution < -0.4 is 10.1 Å². The second-order valence-corrected chi connectivity index (χ2v) is 5.89. The highest BCUT2D eigenvalue weighted by Gasteiger charge is 2.08. The van der Waals surface area contributed by atoms with Crippen molar-refractivity contribution in [1.82, 2.24) is 19.3 Å². The fraction of sp³-hybridized carbons (Fsp3) is 0.333. The molecule has 3 rings (SSSR count).